The summed E-state index contributed by atoms with van der Waals surface area (Å²) < 4.78 is 60.9. The zero-order valence-corrected chi connectivity index (χ0v) is 15.2. The van der Waals surface area contributed by atoms with Crippen LogP contribution in [-0.2, 0) is 39.0 Å². The van der Waals surface area contributed by atoms with Gasteiger partial charge in [0.15, 0.2) is 0 Å². The Kier molecular flexibility index (Phi) is 16.5. The third-order valence-electron chi connectivity index (χ3n) is 2.03. The first kappa shape index (κ1) is 24.9. The van der Waals surface area contributed by atoms with E-state index in [0.29, 0.717) is 33.0 Å². The molecule has 0 amide bonds. The van der Waals surface area contributed by atoms with Crippen molar-refractivity contribution in [2.24, 2.45) is 10.3 Å². The number of nitrogens with two attached hydrogens (primary N) is 2. The van der Waals surface area contributed by atoms with E-state index in [4.69, 9.17) is 24.5 Å². The van der Waals surface area contributed by atoms with Gasteiger partial charge in [-0.15, -0.1) is 0 Å². The minimum atomic E-state index is -3.38. The summed E-state index contributed by atoms with van der Waals surface area (Å²) in [5.41, 5.74) is 0. The van der Waals surface area contributed by atoms with Crippen LogP contribution in [0.5, 0.6) is 0 Å². The van der Waals surface area contributed by atoms with Crippen molar-refractivity contribution in [1.82, 2.24) is 0 Å². The topological polar surface area (TPSA) is 157 Å². The van der Waals surface area contributed by atoms with E-state index in [0.717, 1.165) is 0 Å². The van der Waals surface area contributed by atoms with E-state index >= 15 is 0 Å². The Morgan fingerprint density at radius 2 is 1.09 bits per heavy atom. The maximum absolute atomic E-state index is 10.4. The molecule has 10 nitrogen and oxygen atoms in total. The second kappa shape index (κ2) is 15.2. The molecule has 0 aliphatic heterocycles. The maximum atomic E-state index is 10.4. The van der Waals surface area contributed by atoms with E-state index in [1.54, 1.807) is 7.11 Å². The highest BCUT2D eigenvalue weighted by atomic mass is 32.2. The van der Waals surface area contributed by atoms with Gasteiger partial charge in [0.2, 0.25) is 20.0 Å². The molecule has 0 spiro atoms. The van der Waals surface area contributed by atoms with Crippen LogP contribution >= 0.6 is 0 Å². The van der Waals surface area contributed by atoms with Crippen LogP contribution in [-0.4, -0.2) is 81.7 Å². The van der Waals surface area contributed by atoms with Gasteiger partial charge < -0.3 is 18.9 Å². The van der Waals surface area contributed by atoms with Gasteiger partial charge in [-0.05, 0) is 6.92 Å². The summed E-state index contributed by atoms with van der Waals surface area (Å²) >= 11 is 0. The number of hydrogen-bond acceptors (Lipinski definition) is 8. The minimum Gasteiger partial charge on any atom is -0.382 e. The van der Waals surface area contributed by atoms with Gasteiger partial charge in [-0.1, -0.05) is 0 Å². The normalized spacial score (nSPS) is 11.8. The molecule has 0 fully saturated rings. The highest BCUT2D eigenvalue weighted by Gasteiger charge is 2.01. The van der Waals surface area contributed by atoms with Crippen LogP contribution in [0.15, 0.2) is 0 Å². The predicted octanol–water partition coefficient (Wildman–Crippen LogP) is -1.73. The van der Waals surface area contributed by atoms with Crippen molar-refractivity contribution >= 4 is 20.0 Å². The van der Waals surface area contributed by atoms with Crippen LogP contribution in [0.4, 0.5) is 0 Å². The molecule has 0 aliphatic rings. The molecule has 0 aromatic carbocycles. The smallest absolute Gasteiger partial charge is 0.211 e. The average molecular weight is 380 g/mol. The number of methoxy groups -OCH3 is 1. The lowest BCUT2D eigenvalue weighted by atomic mass is 10.7. The number of sulfonamides is 2. The van der Waals surface area contributed by atoms with Crippen molar-refractivity contribution < 1.29 is 35.8 Å². The van der Waals surface area contributed by atoms with E-state index in [1.807, 2.05) is 6.92 Å². The first-order valence-corrected chi connectivity index (χ1v) is 10.3. The molecular weight excluding hydrogens is 352 g/mol. The van der Waals surface area contributed by atoms with E-state index < -0.39 is 20.0 Å². The Balaban J connectivity index is 0. The summed E-state index contributed by atoms with van der Waals surface area (Å²) in [6.07, 6.45) is 0. The van der Waals surface area contributed by atoms with E-state index in [9.17, 15) is 16.8 Å². The molecular formula is C11H28N2O8S2. The first-order valence-electron chi connectivity index (χ1n) is 6.85. The average Bonchev–Trinajstić information content (AvgIpc) is 2.41. The van der Waals surface area contributed by atoms with Gasteiger partial charge in [0.05, 0.1) is 51.1 Å². The summed E-state index contributed by atoms with van der Waals surface area (Å²) in [5, 5.41) is 9.45. The summed E-state index contributed by atoms with van der Waals surface area (Å²) in [6, 6.07) is 0. The van der Waals surface area contributed by atoms with Crippen LogP contribution in [0, 0.1) is 0 Å². The molecule has 0 bridgehead atoms. The molecule has 0 aliphatic carbocycles. The van der Waals surface area contributed by atoms with Crippen LogP contribution < -0.4 is 10.3 Å². The highest BCUT2D eigenvalue weighted by molar-refractivity contribution is 7.89. The van der Waals surface area contributed by atoms with E-state index in [2.05, 4.69) is 4.74 Å². The van der Waals surface area contributed by atoms with Crippen LogP contribution in [0.25, 0.3) is 0 Å². The molecule has 0 heterocycles. The van der Waals surface area contributed by atoms with Gasteiger partial charge in [0.1, 0.15) is 0 Å². The summed E-state index contributed by atoms with van der Waals surface area (Å²) in [6.45, 7) is 4.53. The Labute approximate surface area is 138 Å². The minimum absolute atomic E-state index is 0.127. The standard InChI is InChI=1S/C6H15NO4S.C5H13NO4S/c1-2-10-3-4-11-5-6-12(7,8)9;1-9-2-3-10-4-5-11(6,7)8/h2-6H2,1H3,(H2,7,8,9);2-5H2,1H3,(H2,6,7,8). The quantitative estimate of drug-likeness (QED) is 0.357. The predicted molar refractivity (Wildman–Crippen MR) is 86.0 cm³/mol. The van der Waals surface area contributed by atoms with Gasteiger partial charge in [-0.2, -0.15) is 0 Å². The van der Waals surface area contributed by atoms with Gasteiger partial charge in [0, 0.05) is 13.7 Å². The largest absolute Gasteiger partial charge is 0.382 e. The molecule has 0 unspecified atom stereocenters. The van der Waals surface area contributed by atoms with Crippen molar-refractivity contribution in [1.29, 1.82) is 0 Å². The van der Waals surface area contributed by atoms with Crippen molar-refractivity contribution in [3.63, 3.8) is 0 Å². The summed E-state index contributed by atoms with van der Waals surface area (Å²) in [5.74, 6) is -0.282. The maximum Gasteiger partial charge on any atom is 0.211 e. The number of hydrogen-bond donors (Lipinski definition) is 2. The highest BCUT2D eigenvalue weighted by Crippen LogP contribution is 1.82. The van der Waals surface area contributed by atoms with Gasteiger partial charge in [0.25, 0.3) is 0 Å². The second-order valence-electron chi connectivity index (χ2n) is 4.15. The van der Waals surface area contributed by atoms with Crippen molar-refractivity contribution in [2.45, 2.75) is 6.92 Å². The molecule has 23 heavy (non-hydrogen) atoms. The van der Waals surface area contributed by atoms with Gasteiger partial charge in [-0.25, -0.2) is 27.1 Å². The molecule has 0 aromatic rings. The van der Waals surface area contributed by atoms with Crippen LogP contribution in [0.3, 0.4) is 0 Å². The molecule has 0 rings (SSSR count). The van der Waals surface area contributed by atoms with E-state index in [1.165, 1.54) is 0 Å². The molecule has 0 aromatic heterocycles. The third kappa shape index (κ3) is 30.2. The first-order chi connectivity index (χ1) is 10.6. The van der Waals surface area contributed by atoms with Crippen molar-refractivity contribution in [2.75, 3.05) is 64.9 Å². The van der Waals surface area contributed by atoms with E-state index in [-0.39, 0.29) is 24.7 Å². The third-order valence-corrected chi connectivity index (χ3v) is 3.50. The number of primary sulfonamides is 2. The molecule has 0 atom stereocenters. The lowest BCUT2D eigenvalue weighted by Gasteiger charge is -2.02. The number of ether oxygens (including phenoxy) is 4. The Hall–Kier alpha value is -0.340. The fourth-order valence-electron chi connectivity index (χ4n) is 0.959. The van der Waals surface area contributed by atoms with Crippen LogP contribution in [0.1, 0.15) is 6.92 Å². The molecule has 12 heteroatoms. The molecule has 0 saturated heterocycles. The Morgan fingerprint density at radius 1 is 0.696 bits per heavy atom. The zero-order valence-electron chi connectivity index (χ0n) is 13.6. The molecule has 0 radical (unpaired) electrons. The SMILES string of the molecule is CCOCCOCCS(N)(=O)=O.COCCOCCS(N)(=O)=O. The van der Waals surface area contributed by atoms with Crippen molar-refractivity contribution in [3.8, 4) is 0 Å². The molecule has 0 saturated carbocycles. The zero-order chi connectivity index (χ0) is 18.2. The fraction of sp³-hybridized carbons (Fsp3) is 1.00. The number of rotatable bonds is 13. The molecule has 4 N–H and O–H groups in total. The van der Waals surface area contributed by atoms with Crippen molar-refractivity contribution in [3.05, 3.63) is 0 Å². The lowest BCUT2D eigenvalue weighted by Crippen LogP contribution is -2.21. The lowest BCUT2D eigenvalue weighted by molar-refractivity contribution is 0.0590. The van der Waals surface area contributed by atoms with Crippen LogP contribution in [0.2, 0.25) is 0 Å². The van der Waals surface area contributed by atoms with Gasteiger partial charge in [-0.3, -0.25) is 0 Å². The molecule has 142 valence electrons. The Bertz CT molecular complexity index is 453. The fourth-order valence-corrected chi connectivity index (χ4v) is 1.66. The monoisotopic (exact) mass is 380 g/mol. The summed E-state index contributed by atoms with van der Waals surface area (Å²) in [4.78, 5) is 0. The van der Waals surface area contributed by atoms with Gasteiger partial charge >= 0.3 is 0 Å². The second-order valence-corrected chi connectivity index (χ2v) is 7.62. The Morgan fingerprint density at radius 3 is 1.43 bits per heavy atom. The summed E-state index contributed by atoms with van der Waals surface area (Å²) in [7, 11) is -5.22.